The van der Waals surface area contributed by atoms with Crippen LogP contribution in [0.1, 0.15) is 38.3 Å². The van der Waals surface area contributed by atoms with E-state index in [2.05, 4.69) is 56.1 Å². The van der Waals surface area contributed by atoms with Gasteiger partial charge in [0.25, 0.3) is 0 Å². The molecule has 3 heteroatoms. The zero-order valence-corrected chi connectivity index (χ0v) is 13.8. The highest BCUT2D eigenvalue weighted by Gasteiger charge is 2.32. The van der Waals surface area contributed by atoms with Gasteiger partial charge in [-0.25, -0.2) is 0 Å². The summed E-state index contributed by atoms with van der Waals surface area (Å²) in [4.78, 5) is 2.60. The number of rotatable bonds is 2. The second-order valence-electron chi connectivity index (χ2n) is 7.43. The molecular formula is C18H28N2O. The van der Waals surface area contributed by atoms with Crippen molar-refractivity contribution in [3.8, 4) is 5.75 Å². The summed E-state index contributed by atoms with van der Waals surface area (Å²) in [5.41, 5.74) is 2.89. The normalized spacial score (nSPS) is 28.8. The van der Waals surface area contributed by atoms with Crippen molar-refractivity contribution in [1.82, 2.24) is 10.2 Å². The number of hydrogen-bond donors (Lipinski definition) is 1. The van der Waals surface area contributed by atoms with Gasteiger partial charge in [0.05, 0.1) is 0 Å². The Morgan fingerprint density at radius 2 is 2.19 bits per heavy atom. The van der Waals surface area contributed by atoms with Crippen molar-refractivity contribution < 1.29 is 4.74 Å². The fraction of sp³-hybridized carbons (Fsp3) is 0.667. The van der Waals surface area contributed by atoms with Crippen LogP contribution in [0.3, 0.4) is 0 Å². The van der Waals surface area contributed by atoms with Gasteiger partial charge in [-0.2, -0.15) is 0 Å². The van der Waals surface area contributed by atoms with Crippen molar-refractivity contribution in [3.63, 3.8) is 0 Å². The number of aryl methyl sites for hydroxylation is 1. The molecule has 0 saturated carbocycles. The summed E-state index contributed by atoms with van der Waals surface area (Å²) >= 11 is 0. The first-order valence-corrected chi connectivity index (χ1v) is 8.18. The molecule has 2 aliphatic heterocycles. The molecule has 1 saturated heterocycles. The second-order valence-corrected chi connectivity index (χ2v) is 7.43. The second kappa shape index (κ2) is 5.62. The van der Waals surface area contributed by atoms with Crippen LogP contribution in [0.4, 0.5) is 0 Å². The Balaban J connectivity index is 1.67. The first-order chi connectivity index (χ1) is 9.93. The maximum atomic E-state index is 6.16. The smallest absolute Gasteiger partial charge is 0.123 e. The van der Waals surface area contributed by atoms with Gasteiger partial charge in [-0.3, -0.25) is 4.90 Å². The average molecular weight is 288 g/mol. The number of nitrogens with zero attached hydrogens (tertiary/aromatic N) is 1. The molecule has 1 N–H and O–H groups in total. The van der Waals surface area contributed by atoms with Crippen LogP contribution in [0, 0.1) is 6.92 Å². The molecule has 1 aromatic rings. The topological polar surface area (TPSA) is 24.5 Å². The summed E-state index contributed by atoms with van der Waals surface area (Å²) in [6, 6.07) is 7.16. The molecule has 2 heterocycles. The van der Waals surface area contributed by atoms with Crippen molar-refractivity contribution in [2.24, 2.45) is 0 Å². The molecule has 2 unspecified atom stereocenters. The summed E-state index contributed by atoms with van der Waals surface area (Å²) in [7, 11) is 0. The predicted molar refractivity (Wildman–Crippen MR) is 87.0 cm³/mol. The summed E-state index contributed by atoms with van der Waals surface area (Å²) in [6.45, 7) is 12.3. The molecule has 2 aliphatic rings. The molecule has 3 rings (SSSR count). The lowest BCUT2D eigenvalue weighted by atomic mass is 10.0. The van der Waals surface area contributed by atoms with Crippen LogP contribution >= 0.6 is 0 Å². The molecule has 2 atom stereocenters. The lowest BCUT2D eigenvalue weighted by molar-refractivity contribution is 0.110. The molecule has 21 heavy (non-hydrogen) atoms. The Morgan fingerprint density at radius 3 is 3.00 bits per heavy atom. The first-order valence-electron chi connectivity index (χ1n) is 8.18. The summed E-state index contributed by atoms with van der Waals surface area (Å²) in [6.07, 6.45) is 2.56. The minimum atomic E-state index is 0.187. The summed E-state index contributed by atoms with van der Waals surface area (Å²) < 4.78 is 6.16. The SMILES string of the molecule is Cc1ccc2c(c1)CC(CN1CC(C)(C)NCCC1C)O2. The van der Waals surface area contributed by atoms with Crippen molar-refractivity contribution in [3.05, 3.63) is 29.3 Å². The molecule has 116 valence electrons. The van der Waals surface area contributed by atoms with Crippen LogP contribution < -0.4 is 10.1 Å². The third-order valence-electron chi connectivity index (χ3n) is 4.78. The molecule has 0 bridgehead atoms. The number of hydrogen-bond acceptors (Lipinski definition) is 3. The Labute approximate surface area is 128 Å². The number of ether oxygens (including phenoxy) is 1. The van der Waals surface area contributed by atoms with E-state index < -0.39 is 0 Å². The third kappa shape index (κ3) is 3.41. The van der Waals surface area contributed by atoms with Gasteiger partial charge in [-0.05, 0) is 52.3 Å². The Kier molecular flexibility index (Phi) is 3.98. The van der Waals surface area contributed by atoms with Gasteiger partial charge >= 0.3 is 0 Å². The minimum absolute atomic E-state index is 0.187. The molecule has 1 fully saturated rings. The maximum Gasteiger partial charge on any atom is 0.123 e. The van der Waals surface area contributed by atoms with Gasteiger partial charge in [0.1, 0.15) is 11.9 Å². The molecule has 3 nitrogen and oxygen atoms in total. The lowest BCUT2D eigenvalue weighted by Crippen LogP contribution is -2.49. The Bertz CT molecular complexity index is 512. The highest BCUT2D eigenvalue weighted by molar-refractivity contribution is 5.40. The fourth-order valence-electron chi connectivity index (χ4n) is 3.58. The van der Waals surface area contributed by atoms with Gasteiger partial charge in [0.15, 0.2) is 0 Å². The van der Waals surface area contributed by atoms with Crippen molar-refractivity contribution in [2.75, 3.05) is 19.6 Å². The van der Waals surface area contributed by atoms with Gasteiger partial charge < -0.3 is 10.1 Å². The third-order valence-corrected chi connectivity index (χ3v) is 4.78. The number of fused-ring (bicyclic) bond motifs is 1. The monoisotopic (exact) mass is 288 g/mol. The van der Waals surface area contributed by atoms with Crippen LogP contribution in [0.2, 0.25) is 0 Å². The van der Waals surface area contributed by atoms with Crippen LogP contribution in [0.15, 0.2) is 18.2 Å². The van der Waals surface area contributed by atoms with Crippen LogP contribution in [0.5, 0.6) is 5.75 Å². The van der Waals surface area contributed by atoms with Gasteiger partial charge in [0.2, 0.25) is 0 Å². The first kappa shape index (κ1) is 14.9. The average Bonchev–Trinajstić information content (AvgIpc) is 2.72. The largest absolute Gasteiger partial charge is 0.488 e. The molecule has 0 amide bonds. The zero-order valence-electron chi connectivity index (χ0n) is 13.8. The number of benzene rings is 1. The van der Waals surface area contributed by atoms with Crippen molar-refractivity contribution >= 4 is 0 Å². The van der Waals surface area contributed by atoms with E-state index in [0.29, 0.717) is 12.1 Å². The van der Waals surface area contributed by atoms with Crippen LogP contribution in [0.25, 0.3) is 0 Å². The predicted octanol–water partition coefficient (Wildman–Crippen LogP) is 2.76. The summed E-state index contributed by atoms with van der Waals surface area (Å²) in [5.74, 6) is 1.09. The highest BCUT2D eigenvalue weighted by atomic mass is 16.5. The standard InChI is InChI=1S/C18H28N2O/c1-13-5-6-17-15(9-13)10-16(21-17)11-20-12-18(3,4)19-8-7-14(20)2/h5-6,9,14,16,19H,7-8,10-12H2,1-4H3. The quantitative estimate of drug-likeness (QED) is 0.905. The Morgan fingerprint density at radius 1 is 1.38 bits per heavy atom. The van der Waals surface area contributed by atoms with E-state index in [0.717, 1.165) is 31.8 Å². The summed E-state index contributed by atoms with van der Waals surface area (Å²) in [5, 5.41) is 3.65. The van der Waals surface area contributed by atoms with E-state index in [-0.39, 0.29) is 5.54 Å². The Hall–Kier alpha value is -1.06. The van der Waals surface area contributed by atoms with Crippen LogP contribution in [-0.2, 0) is 6.42 Å². The van der Waals surface area contributed by atoms with E-state index in [1.54, 1.807) is 0 Å². The zero-order chi connectivity index (χ0) is 15.0. The van der Waals surface area contributed by atoms with E-state index in [4.69, 9.17) is 4.74 Å². The van der Waals surface area contributed by atoms with E-state index >= 15 is 0 Å². The minimum Gasteiger partial charge on any atom is -0.488 e. The molecule has 0 aliphatic carbocycles. The van der Waals surface area contributed by atoms with E-state index in [1.165, 1.54) is 17.5 Å². The van der Waals surface area contributed by atoms with Gasteiger partial charge in [-0.1, -0.05) is 17.7 Å². The van der Waals surface area contributed by atoms with E-state index in [9.17, 15) is 0 Å². The van der Waals surface area contributed by atoms with Crippen molar-refractivity contribution in [1.29, 1.82) is 0 Å². The maximum absolute atomic E-state index is 6.16. The fourth-order valence-corrected chi connectivity index (χ4v) is 3.58. The van der Waals surface area contributed by atoms with Crippen molar-refractivity contribution in [2.45, 2.75) is 58.2 Å². The molecule has 0 aromatic heterocycles. The molecule has 0 spiro atoms. The van der Waals surface area contributed by atoms with Crippen LogP contribution in [-0.4, -0.2) is 42.2 Å². The van der Waals surface area contributed by atoms with E-state index in [1.807, 2.05) is 0 Å². The highest BCUT2D eigenvalue weighted by Crippen LogP contribution is 2.30. The molecule has 1 aromatic carbocycles. The number of nitrogens with one attached hydrogen (secondary N) is 1. The molecule has 0 radical (unpaired) electrons. The van der Waals surface area contributed by atoms with Gasteiger partial charge in [-0.15, -0.1) is 0 Å². The van der Waals surface area contributed by atoms with Gasteiger partial charge in [0, 0.05) is 31.1 Å². The molecular weight excluding hydrogens is 260 g/mol. The lowest BCUT2D eigenvalue weighted by Gasteiger charge is -2.34.